The molecular weight excluding hydrogens is 578 g/mol. The highest BCUT2D eigenvalue weighted by Crippen LogP contribution is 2.55. The van der Waals surface area contributed by atoms with E-state index < -0.39 is 5.92 Å². The van der Waals surface area contributed by atoms with Crippen molar-refractivity contribution >= 4 is 27.5 Å². The van der Waals surface area contributed by atoms with Gasteiger partial charge in [-0.2, -0.15) is 0 Å². The summed E-state index contributed by atoms with van der Waals surface area (Å²) in [6.07, 6.45) is 2.55. The number of Topliss-reactive ketones (excluding diaryl/α,β-unsaturated/α-hetero) is 2. The van der Waals surface area contributed by atoms with Crippen LogP contribution in [0.25, 0.3) is 0 Å². The number of carbonyl (C=O) groups is 2. The Balaban J connectivity index is 1.64. The van der Waals surface area contributed by atoms with Crippen LogP contribution in [-0.2, 0) is 16.2 Å². The van der Waals surface area contributed by atoms with Crippen molar-refractivity contribution in [3.63, 3.8) is 0 Å². The summed E-state index contributed by atoms with van der Waals surface area (Å²) in [5.74, 6) is 1.03. The number of benzene rings is 2. The Morgan fingerprint density at radius 3 is 1.88 bits per heavy atom. The number of hydrogen-bond acceptors (Lipinski definition) is 5. The van der Waals surface area contributed by atoms with Crippen LogP contribution in [0.3, 0.4) is 0 Å². The van der Waals surface area contributed by atoms with Gasteiger partial charge in [-0.05, 0) is 83.6 Å². The molecule has 0 saturated carbocycles. The Kier molecular flexibility index (Phi) is 7.78. The van der Waals surface area contributed by atoms with E-state index in [-0.39, 0.29) is 22.4 Å². The van der Waals surface area contributed by atoms with E-state index in [9.17, 15) is 9.59 Å². The molecule has 0 N–H and O–H groups in total. The minimum atomic E-state index is -0.423. The zero-order valence-corrected chi connectivity index (χ0v) is 27.3. The number of rotatable bonds is 6. The molecule has 2 aliphatic carbocycles. The highest BCUT2D eigenvalue weighted by Gasteiger charge is 2.48. The second-order valence-electron chi connectivity index (χ2n) is 13.6. The van der Waals surface area contributed by atoms with Crippen molar-refractivity contribution < 1.29 is 19.1 Å². The van der Waals surface area contributed by atoms with Gasteiger partial charge in [0.15, 0.2) is 23.1 Å². The average Bonchev–Trinajstić information content (AvgIpc) is 2.84. The Labute approximate surface area is 253 Å². The van der Waals surface area contributed by atoms with Crippen LogP contribution in [-0.4, -0.2) is 30.1 Å². The molecule has 0 radical (unpaired) electrons. The third-order valence-electron chi connectivity index (χ3n) is 8.59. The lowest BCUT2D eigenvalue weighted by Crippen LogP contribution is -2.44. The SMILES string of the molecule is CCN1C2=C(C(=O)CC(C)(C)C2)C(c2cc(Br)c(OCc3cc(C)cc(C)c3)c(OC)c2)C2=C1CC(C)(C)CC2=O. The Morgan fingerprint density at radius 1 is 0.854 bits per heavy atom. The molecule has 2 aromatic carbocycles. The van der Waals surface area contributed by atoms with E-state index >= 15 is 0 Å². The monoisotopic (exact) mass is 619 g/mol. The molecule has 3 aliphatic rings. The number of halogens is 1. The van der Waals surface area contributed by atoms with E-state index in [4.69, 9.17) is 9.47 Å². The van der Waals surface area contributed by atoms with Gasteiger partial charge in [0.2, 0.25) is 0 Å². The third-order valence-corrected chi connectivity index (χ3v) is 9.18. The first-order valence-corrected chi connectivity index (χ1v) is 15.4. The second kappa shape index (κ2) is 10.8. The molecular formula is C35H42BrNO4. The molecule has 1 aliphatic heterocycles. The molecule has 0 spiro atoms. The Morgan fingerprint density at radius 2 is 1.39 bits per heavy atom. The molecule has 0 aromatic heterocycles. The third kappa shape index (κ3) is 5.64. The van der Waals surface area contributed by atoms with Crippen LogP contribution in [0.2, 0.25) is 0 Å². The van der Waals surface area contributed by atoms with Crippen molar-refractivity contribution in [2.75, 3.05) is 13.7 Å². The standard InChI is InChI=1S/C35H42BrNO4/c1-9-37-25-15-34(4,5)17-27(38)31(25)30(32-26(37)16-35(6,7)18-28(32)39)23-13-24(36)33(29(14-23)40-8)41-19-22-11-20(2)10-21(3)12-22/h10-14,30H,9,15-19H2,1-8H3. The van der Waals surface area contributed by atoms with Gasteiger partial charge in [-0.1, -0.05) is 57.0 Å². The molecule has 6 heteroatoms. The lowest BCUT2D eigenvalue weighted by Gasteiger charge is -2.49. The fraction of sp³-hybridized carbons (Fsp3) is 0.486. The quantitative estimate of drug-likeness (QED) is 0.325. The number of carbonyl (C=O) groups excluding carboxylic acids is 2. The number of ether oxygens (including phenoxy) is 2. The lowest BCUT2D eigenvalue weighted by molar-refractivity contribution is -0.119. The molecule has 0 atom stereocenters. The fourth-order valence-electron chi connectivity index (χ4n) is 7.12. The predicted octanol–water partition coefficient (Wildman–Crippen LogP) is 8.36. The smallest absolute Gasteiger partial charge is 0.175 e. The lowest BCUT2D eigenvalue weighted by atomic mass is 9.63. The zero-order valence-electron chi connectivity index (χ0n) is 25.7. The van der Waals surface area contributed by atoms with Gasteiger partial charge in [-0.3, -0.25) is 9.59 Å². The van der Waals surface area contributed by atoms with Crippen LogP contribution in [0.15, 0.2) is 57.3 Å². The van der Waals surface area contributed by atoms with Crippen molar-refractivity contribution in [1.29, 1.82) is 0 Å². The Hall–Kier alpha value is -2.86. The highest BCUT2D eigenvalue weighted by atomic mass is 79.9. The first-order valence-electron chi connectivity index (χ1n) is 14.6. The fourth-order valence-corrected chi connectivity index (χ4v) is 7.69. The molecule has 1 heterocycles. The summed E-state index contributed by atoms with van der Waals surface area (Å²) in [5, 5.41) is 0. The van der Waals surface area contributed by atoms with E-state index in [0.29, 0.717) is 30.9 Å². The van der Waals surface area contributed by atoms with Crippen LogP contribution >= 0.6 is 15.9 Å². The van der Waals surface area contributed by atoms with Crippen molar-refractivity contribution in [2.45, 2.75) is 86.7 Å². The van der Waals surface area contributed by atoms with Gasteiger partial charge < -0.3 is 14.4 Å². The number of allylic oxidation sites excluding steroid dienone is 4. The van der Waals surface area contributed by atoms with Crippen LogP contribution < -0.4 is 9.47 Å². The van der Waals surface area contributed by atoms with Crippen LogP contribution in [0.4, 0.5) is 0 Å². The summed E-state index contributed by atoms with van der Waals surface area (Å²) in [6, 6.07) is 10.4. The Bertz CT molecular complexity index is 1420. The van der Waals surface area contributed by atoms with Gasteiger partial charge in [-0.15, -0.1) is 0 Å². The van der Waals surface area contributed by atoms with Crippen molar-refractivity contribution in [3.8, 4) is 11.5 Å². The van der Waals surface area contributed by atoms with Crippen molar-refractivity contribution in [1.82, 2.24) is 4.90 Å². The van der Waals surface area contributed by atoms with Crippen molar-refractivity contribution in [2.24, 2.45) is 10.8 Å². The number of aryl methyl sites for hydroxylation is 2. The summed E-state index contributed by atoms with van der Waals surface area (Å²) in [5.41, 5.74) is 7.78. The molecule has 0 amide bonds. The molecule has 0 unspecified atom stereocenters. The summed E-state index contributed by atoms with van der Waals surface area (Å²) in [7, 11) is 1.63. The normalized spacial score (nSPS) is 20.3. The van der Waals surface area contributed by atoms with Crippen LogP contribution in [0.1, 0.15) is 88.5 Å². The average molecular weight is 621 g/mol. The van der Waals surface area contributed by atoms with Gasteiger partial charge in [0.25, 0.3) is 0 Å². The first kappa shape index (κ1) is 29.6. The maximum atomic E-state index is 13.9. The molecule has 5 rings (SSSR count). The predicted molar refractivity (Wildman–Crippen MR) is 166 cm³/mol. The number of nitrogens with zero attached hydrogens (tertiary/aromatic N) is 1. The van der Waals surface area contributed by atoms with Crippen molar-refractivity contribution in [3.05, 3.63) is 79.6 Å². The maximum absolute atomic E-state index is 13.9. The number of hydrogen-bond donors (Lipinski definition) is 0. The van der Waals surface area contributed by atoms with E-state index in [2.05, 4.69) is 87.5 Å². The van der Waals surface area contributed by atoms with Gasteiger partial charge in [0.1, 0.15) is 6.61 Å². The minimum absolute atomic E-state index is 0.133. The van der Waals surface area contributed by atoms with E-state index in [1.54, 1.807) is 7.11 Å². The largest absolute Gasteiger partial charge is 0.493 e. The molecule has 218 valence electrons. The summed E-state index contributed by atoms with van der Waals surface area (Å²) >= 11 is 3.76. The van der Waals surface area contributed by atoms with Gasteiger partial charge in [0.05, 0.1) is 11.6 Å². The van der Waals surface area contributed by atoms with E-state index in [1.807, 2.05) is 12.1 Å². The number of methoxy groups -OCH3 is 1. The molecule has 0 fully saturated rings. The molecule has 5 nitrogen and oxygen atoms in total. The summed E-state index contributed by atoms with van der Waals surface area (Å²) < 4.78 is 12.9. The van der Waals surface area contributed by atoms with Crippen LogP contribution in [0, 0.1) is 24.7 Å². The summed E-state index contributed by atoms with van der Waals surface area (Å²) in [6.45, 7) is 16.1. The topological polar surface area (TPSA) is 55.8 Å². The van der Waals surface area contributed by atoms with Gasteiger partial charge in [-0.25, -0.2) is 0 Å². The molecule has 41 heavy (non-hydrogen) atoms. The van der Waals surface area contributed by atoms with Gasteiger partial charge in [0, 0.05) is 47.8 Å². The molecule has 0 bridgehead atoms. The van der Waals surface area contributed by atoms with E-state index in [1.165, 1.54) is 11.1 Å². The number of ketones is 2. The maximum Gasteiger partial charge on any atom is 0.175 e. The highest BCUT2D eigenvalue weighted by molar-refractivity contribution is 9.10. The zero-order chi connectivity index (χ0) is 29.9. The van der Waals surface area contributed by atoms with E-state index in [0.717, 1.165) is 57.5 Å². The first-order chi connectivity index (χ1) is 19.2. The van der Waals surface area contributed by atoms with Crippen LogP contribution in [0.5, 0.6) is 11.5 Å². The molecule has 2 aromatic rings. The van der Waals surface area contributed by atoms with Gasteiger partial charge >= 0.3 is 0 Å². The minimum Gasteiger partial charge on any atom is -0.493 e. The molecule has 0 saturated heterocycles. The second-order valence-corrected chi connectivity index (χ2v) is 14.5. The summed E-state index contributed by atoms with van der Waals surface area (Å²) in [4.78, 5) is 30.1.